The molecule has 0 radical (unpaired) electrons. The molecule has 19 heteroatoms. The minimum atomic E-state index is -1.08. The zero-order valence-electron chi connectivity index (χ0n) is 42.6. The summed E-state index contributed by atoms with van der Waals surface area (Å²) in [6.45, 7) is 1.52. The summed E-state index contributed by atoms with van der Waals surface area (Å²) < 4.78 is 21.5. The molecule has 0 aliphatic rings. The molecule has 0 bridgehead atoms. The van der Waals surface area contributed by atoms with Gasteiger partial charge in [-0.15, -0.1) is 0 Å². The Balaban J connectivity index is 0.0000504. The molecule has 6 N–H and O–H groups in total. The molecule has 0 aromatic carbocycles. The highest BCUT2D eigenvalue weighted by Crippen LogP contribution is 2.19. The maximum Gasteiger partial charge on any atom is 0.306 e. The highest BCUT2D eigenvalue weighted by molar-refractivity contribution is 5.85. The van der Waals surface area contributed by atoms with Gasteiger partial charge in [0.15, 0.2) is 5.78 Å². The second-order valence-corrected chi connectivity index (χ2v) is 18.4. The first kappa shape index (κ1) is 64.4. The minimum Gasteiger partial charge on any atom is -0.481 e. The van der Waals surface area contributed by atoms with E-state index in [0.717, 1.165) is 50.6 Å². The Hall–Kier alpha value is -4.59. The van der Waals surface area contributed by atoms with Gasteiger partial charge in [-0.3, -0.25) is 38.4 Å². The van der Waals surface area contributed by atoms with Gasteiger partial charge in [-0.05, 0) is 38.5 Å². The molecule has 1 aromatic heterocycles. The zero-order chi connectivity index (χ0) is 52.0. The molecule has 71 heavy (non-hydrogen) atoms. The van der Waals surface area contributed by atoms with E-state index in [9.17, 15) is 48.6 Å². The number of rotatable bonds is 53. The summed E-state index contributed by atoms with van der Waals surface area (Å²) in [6.07, 6.45) is 25.1. The molecular weight excluding hydrogens is 921 g/mol. The number of amides is 2. The van der Waals surface area contributed by atoms with Crippen LogP contribution in [0.4, 0.5) is 0 Å². The van der Waals surface area contributed by atoms with E-state index >= 15 is 0 Å². The first-order chi connectivity index (χ1) is 34.4. The molecule has 0 saturated heterocycles. The standard InChI is InChI=1S/C52H88N4O15.H2/c57-45(21-17-13-11-9-7-5-3-1-2-4-6-8-10-12-14-19-23-50(62)63)37-43(52(66)67)24-27-48(60)54-28-30-68-33-35-71-40-49(61)55-29-31-69-32-34-70-39-47(59)22-18-15-16-20-42(51(64)65)36-46(58)26-25-44-38-53-41-56-44;/h38,41-43H,1-37,39-40H2,(H,53,56)(H,54,60)(H,55,61)(H,62,63)(H,64,65)(H,66,67);1H/t42-,43?;/m1./s1. The van der Waals surface area contributed by atoms with Crippen molar-refractivity contribution < 1.29 is 74.0 Å². The van der Waals surface area contributed by atoms with Gasteiger partial charge in [0.2, 0.25) is 11.8 Å². The zero-order valence-corrected chi connectivity index (χ0v) is 42.6. The summed E-state index contributed by atoms with van der Waals surface area (Å²) in [7, 11) is 0. The Labute approximate surface area is 422 Å². The highest BCUT2D eigenvalue weighted by atomic mass is 16.5. The van der Waals surface area contributed by atoms with Gasteiger partial charge in [-0.1, -0.05) is 103 Å². The largest absolute Gasteiger partial charge is 0.481 e. The minimum absolute atomic E-state index is 0. The van der Waals surface area contributed by atoms with Crippen LogP contribution in [0.15, 0.2) is 12.5 Å². The van der Waals surface area contributed by atoms with Crippen molar-refractivity contribution in [2.24, 2.45) is 11.8 Å². The second-order valence-electron chi connectivity index (χ2n) is 18.4. The SMILES string of the molecule is O=C(O)CCCCCCCCCCCCCCCCCCC(=O)CC(CCC(=O)NCCOCCOCC(=O)NCCOCCOCC(=O)CCCCC[C@H](CC(=O)CCc1cnc[nH]1)C(=O)O)C(=O)O.[HH]. The number of ether oxygens (including phenoxy) is 4. The molecule has 2 atom stereocenters. The molecule has 2 amide bonds. The summed E-state index contributed by atoms with van der Waals surface area (Å²) in [4.78, 5) is 102. The molecule has 0 aliphatic heterocycles. The van der Waals surface area contributed by atoms with Crippen LogP contribution in [0.5, 0.6) is 0 Å². The van der Waals surface area contributed by atoms with E-state index in [1.54, 1.807) is 6.20 Å². The number of carbonyl (C=O) groups is 8. The van der Waals surface area contributed by atoms with Crippen LogP contribution in [0.1, 0.15) is 187 Å². The number of aromatic nitrogens is 2. The van der Waals surface area contributed by atoms with Gasteiger partial charge in [0, 0.05) is 71.4 Å². The summed E-state index contributed by atoms with van der Waals surface area (Å²) in [6, 6.07) is 0. The van der Waals surface area contributed by atoms with Crippen molar-refractivity contribution in [3.63, 3.8) is 0 Å². The molecule has 0 saturated carbocycles. The fraction of sp³-hybridized carbons (Fsp3) is 0.788. The lowest BCUT2D eigenvalue weighted by atomic mass is 9.94. The number of imidazole rings is 1. The third kappa shape index (κ3) is 41.7. The topological polar surface area (TPSA) is 287 Å². The molecule has 19 nitrogen and oxygen atoms in total. The van der Waals surface area contributed by atoms with E-state index in [-0.39, 0.29) is 135 Å². The Morgan fingerprint density at radius 2 is 0.915 bits per heavy atom. The third-order valence-corrected chi connectivity index (χ3v) is 12.1. The van der Waals surface area contributed by atoms with Crippen LogP contribution >= 0.6 is 0 Å². The number of hydrogen-bond acceptors (Lipinski definition) is 13. The average molecular weight is 1010 g/mol. The Kier molecular flexibility index (Phi) is 41.1. The number of hydrogen-bond donors (Lipinski definition) is 6. The van der Waals surface area contributed by atoms with Crippen molar-refractivity contribution in [3.8, 4) is 0 Å². The van der Waals surface area contributed by atoms with E-state index in [0.29, 0.717) is 44.9 Å². The first-order valence-electron chi connectivity index (χ1n) is 26.4. The van der Waals surface area contributed by atoms with Gasteiger partial charge in [0.25, 0.3) is 0 Å². The van der Waals surface area contributed by atoms with Crippen molar-refractivity contribution in [1.82, 2.24) is 20.6 Å². The number of aromatic amines is 1. The molecule has 1 unspecified atom stereocenters. The lowest BCUT2D eigenvalue weighted by molar-refractivity contribution is -0.144. The summed E-state index contributed by atoms with van der Waals surface area (Å²) >= 11 is 0. The lowest BCUT2D eigenvalue weighted by Gasteiger charge is -2.12. The molecule has 1 rings (SSSR count). The quantitative estimate of drug-likeness (QED) is 0.0342. The van der Waals surface area contributed by atoms with Crippen LogP contribution in [-0.2, 0) is 63.7 Å². The van der Waals surface area contributed by atoms with E-state index in [4.69, 9.17) is 24.1 Å². The predicted molar refractivity (Wildman–Crippen MR) is 268 cm³/mol. The van der Waals surface area contributed by atoms with Gasteiger partial charge in [0.05, 0.1) is 57.8 Å². The smallest absolute Gasteiger partial charge is 0.306 e. The number of H-pyrrole nitrogens is 1. The Morgan fingerprint density at radius 1 is 0.479 bits per heavy atom. The maximum absolute atomic E-state index is 12.5. The van der Waals surface area contributed by atoms with Crippen molar-refractivity contribution in [2.45, 2.75) is 186 Å². The number of carbonyl (C=O) groups excluding carboxylic acids is 5. The number of nitrogens with one attached hydrogen (secondary N) is 3. The van der Waals surface area contributed by atoms with Crippen molar-refractivity contribution in [3.05, 3.63) is 18.2 Å². The molecular formula is C52H90N4O15. The first-order valence-corrected chi connectivity index (χ1v) is 26.4. The fourth-order valence-corrected chi connectivity index (χ4v) is 7.87. The molecule has 0 fully saturated rings. The number of unbranched alkanes of at least 4 members (excludes halogenated alkanes) is 17. The Morgan fingerprint density at radius 3 is 1.42 bits per heavy atom. The van der Waals surface area contributed by atoms with E-state index < -0.39 is 29.7 Å². The van der Waals surface area contributed by atoms with Gasteiger partial charge in [-0.2, -0.15) is 0 Å². The molecule has 0 aliphatic carbocycles. The van der Waals surface area contributed by atoms with Gasteiger partial charge in [0.1, 0.15) is 24.8 Å². The van der Waals surface area contributed by atoms with Gasteiger partial charge >= 0.3 is 17.9 Å². The van der Waals surface area contributed by atoms with Crippen LogP contribution in [0.2, 0.25) is 0 Å². The number of carboxylic acids is 3. The molecule has 0 spiro atoms. The second kappa shape index (κ2) is 45.3. The number of carboxylic acid groups (broad SMARTS) is 3. The lowest BCUT2D eigenvalue weighted by Crippen LogP contribution is -2.31. The van der Waals surface area contributed by atoms with Crippen LogP contribution in [0.25, 0.3) is 0 Å². The van der Waals surface area contributed by atoms with Crippen LogP contribution < -0.4 is 10.6 Å². The maximum atomic E-state index is 12.5. The van der Waals surface area contributed by atoms with E-state index in [2.05, 4.69) is 20.6 Å². The van der Waals surface area contributed by atoms with Crippen LogP contribution in [0.3, 0.4) is 0 Å². The number of aryl methyl sites for hydroxylation is 1. The molecule has 1 aromatic rings. The average Bonchev–Trinajstić information content (AvgIpc) is 3.86. The summed E-state index contributed by atoms with van der Waals surface area (Å²) in [5, 5.41) is 33.1. The summed E-state index contributed by atoms with van der Waals surface area (Å²) in [5.74, 6) is -5.29. The number of Topliss-reactive ketones (excluding diaryl/α,β-unsaturated/α-hetero) is 3. The number of aliphatic carboxylic acids is 3. The van der Waals surface area contributed by atoms with Crippen molar-refractivity contribution in [2.75, 3.05) is 65.9 Å². The van der Waals surface area contributed by atoms with Crippen molar-refractivity contribution in [1.29, 1.82) is 0 Å². The van der Waals surface area contributed by atoms with Gasteiger partial charge in [-0.25, -0.2) is 4.98 Å². The predicted octanol–water partition coefficient (Wildman–Crippen LogP) is 7.61. The van der Waals surface area contributed by atoms with E-state index in [1.807, 2.05) is 0 Å². The van der Waals surface area contributed by atoms with Crippen LogP contribution in [0, 0.1) is 11.8 Å². The number of nitrogens with zero attached hydrogens (tertiary/aromatic N) is 1. The van der Waals surface area contributed by atoms with Crippen LogP contribution in [-0.4, -0.2) is 138 Å². The Bertz CT molecular complexity index is 1600. The fourth-order valence-electron chi connectivity index (χ4n) is 7.87. The number of ketones is 3. The van der Waals surface area contributed by atoms with E-state index in [1.165, 1.54) is 64.1 Å². The van der Waals surface area contributed by atoms with Gasteiger partial charge < -0.3 is 49.9 Å². The van der Waals surface area contributed by atoms with Crippen molar-refractivity contribution >= 4 is 47.1 Å². The third-order valence-electron chi connectivity index (χ3n) is 12.1. The molecule has 1 heterocycles. The normalized spacial score (nSPS) is 12.1. The monoisotopic (exact) mass is 1010 g/mol. The highest BCUT2D eigenvalue weighted by Gasteiger charge is 2.23. The molecule has 408 valence electrons. The summed E-state index contributed by atoms with van der Waals surface area (Å²) in [5.41, 5.74) is 0.831.